The molecule has 8 nitrogen and oxygen atoms in total. The van der Waals surface area contributed by atoms with Gasteiger partial charge >= 0.3 is 5.97 Å². The Labute approximate surface area is 156 Å². The number of carbonyl (C=O) groups is 3. The largest absolute Gasteiger partial charge is 0.424 e. The highest BCUT2D eigenvalue weighted by atomic mass is 16.5. The van der Waals surface area contributed by atoms with Crippen LogP contribution in [0.3, 0.4) is 0 Å². The van der Waals surface area contributed by atoms with Gasteiger partial charge in [-0.2, -0.15) is 0 Å². The minimum absolute atomic E-state index is 0.252. The fraction of sp³-hybridized carbons (Fsp3) is 0.316. The third-order valence-corrected chi connectivity index (χ3v) is 4.52. The van der Waals surface area contributed by atoms with E-state index in [-0.39, 0.29) is 11.9 Å². The Hall–Kier alpha value is -3.13. The van der Waals surface area contributed by atoms with Crippen molar-refractivity contribution in [2.45, 2.75) is 32.5 Å². The van der Waals surface area contributed by atoms with E-state index in [0.29, 0.717) is 23.4 Å². The summed E-state index contributed by atoms with van der Waals surface area (Å²) >= 11 is 0. The number of rotatable bonds is 4. The molecule has 2 amide bonds. The van der Waals surface area contributed by atoms with E-state index in [0.717, 1.165) is 11.1 Å². The van der Waals surface area contributed by atoms with E-state index in [2.05, 4.69) is 5.32 Å². The van der Waals surface area contributed by atoms with Crippen molar-refractivity contribution in [2.75, 3.05) is 12.4 Å². The highest BCUT2D eigenvalue weighted by Gasteiger charge is 2.40. The van der Waals surface area contributed by atoms with Crippen LogP contribution in [-0.2, 0) is 14.3 Å². The number of methoxy groups -OCH3 is 1. The Morgan fingerprint density at radius 2 is 2.11 bits per heavy atom. The van der Waals surface area contributed by atoms with Crippen LogP contribution < -0.4 is 15.8 Å². The number of nitrogens with zero attached hydrogens (tertiary/aromatic N) is 1. The van der Waals surface area contributed by atoms with Gasteiger partial charge in [0.2, 0.25) is 5.91 Å². The lowest BCUT2D eigenvalue weighted by Crippen LogP contribution is -2.43. The molecule has 2 aliphatic rings. The Balaban J connectivity index is 2.06. The first kappa shape index (κ1) is 18.7. The number of benzene rings is 1. The minimum Gasteiger partial charge on any atom is -0.424 e. The molecule has 0 aromatic heterocycles. The van der Waals surface area contributed by atoms with Gasteiger partial charge in [-0.3, -0.25) is 14.4 Å². The number of fused-ring (bicyclic) bond motifs is 2. The van der Waals surface area contributed by atoms with Gasteiger partial charge in [0.25, 0.3) is 5.91 Å². The third kappa shape index (κ3) is 3.56. The fourth-order valence-corrected chi connectivity index (χ4v) is 3.31. The van der Waals surface area contributed by atoms with Gasteiger partial charge in [0.1, 0.15) is 6.23 Å². The summed E-state index contributed by atoms with van der Waals surface area (Å²) in [5.74, 6) is -0.969. The summed E-state index contributed by atoms with van der Waals surface area (Å²) in [6.07, 6.45) is 4.48. The van der Waals surface area contributed by atoms with Crippen LogP contribution in [0.2, 0.25) is 0 Å². The molecule has 1 aromatic rings. The van der Waals surface area contributed by atoms with Crippen LogP contribution in [0, 0.1) is 6.92 Å². The summed E-state index contributed by atoms with van der Waals surface area (Å²) in [5.41, 5.74) is 7.46. The predicted octanol–water partition coefficient (Wildman–Crippen LogP) is 1.46. The molecule has 2 atom stereocenters. The molecule has 0 saturated carbocycles. The van der Waals surface area contributed by atoms with Crippen molar-refractivity contribution in [3.63, 3.8) is 0 Å². The smallest absolute Gasteiger partial charge is 0.308 e. The maximum absolute atomic E-state index is 13.1. The van der Waals surface area contributed by atoms with Crippen LogP contribution in [0.25, 0.3) is 0 Å². The van der Waals surface area contributed by atoms with Gasteiger partial charge in [0.15, 0.2) is 5.75 Å². The van der Waals surface area contributed by atoms with Gasteiger partial charge in [0.05, 0.1) is 17.3 Å². The molecule has 0 spiro atoms. The van der Waals surface area contributed by atoms with Crippen LogP contribution >= 0.6 is 0 Å². The topological polar surface area (TPSA) is 111 Å². The lowest BCUT2D eigenvalue weighted by Gasteiger charge is -2.27. The van der Waals surface area contributed by atoms with Crippen molar-refractivity contribution in [1.29, 1.82) is 0 Å². The number of hydrogen-bond donors (Lipinski definition) is 2. The number of aryl methyl sites for hydroxylation is 1. The molecular weight excluding hydrogens is 350 g/mol. The Morgan fingerprint density at radius 3 is 2.74 bits per heavy atom. The number of ether oxygens (including phenoxy) is 2. The second kappa shape index (κ2) is 7.24. The molecule has 0 fully saturated rings. The molecule has 142 valence electrons. The van der Waals surface area contributed by atoms with Gasteiger partial charge in [-0.15, -0.1) is 0 Å². The van der Waals surface area contributed by atoms with Crippen molar-refractivity contribution in [2.24, 2.45) is 5.73 Å². The molecule has 8 heteroatoms. The zero-order valence-electron chi connectivity index (χ0n) is 15.3. The van der Waals surface area contributed by atoms with Gasteiger partial charge < -0.3 is 25.4 Å². The number of carbonyl (C=O) groups excluding carboxylic acids is 3. The van der Waals surface area contributed by atoms with E-state index < -0.39 is 18.1 Å². The van der Waals surface area contributed by atoms with Gasteiger partial charge in [-0.1, -0.05) is 12.1 Å². The van der Waals surface area contributed by atoms with Crippen molar-refractivity contribution in [1.82, 2.24) is 4.90 Å². The molecule has 3 N–H and O–H groups in total. The standard InChI is InChI=1S/C19H21N3O5/c1-10-4-6-13-16(17(10)27-11(2)23)21-18(26-3)14-8-12(5-7-15(20)24)9-22(14)19(13)25/h4-7,9,14,18,21H,8H2,1-3H3,(H2,20,24)/b7-5+. The molecular formula is C19H21N3O5. The highest BCUT2D eigenvalue weighted by molar-refractivity contribution is 6.03. The van der Waals surface area contributed by atoms with E-state index in [1.165, 1.54) is 20.1 Å². The first-order valence-corrected chi connectivity index (χ1v) is 8.44. The van der Waals surface area contributed by atoms with Crippen molar-refractivity contribution >= 4 is 23.5 Å². The Bertz CT molecular complexity index is 874. The first-order valence-electron chi connectivity index (χ1n) is 8.44. The molecule has 1 aromatic carbocycles. The quantitative estimate of drug-likeness (QED) is 0.471. The summed E-state index contributed by atoms with van der Waals surface area (Å²) < 4.78 is 10.9. The molecule has 2 heterocycles. The molecule has 2 unspecified atom stereocenters. The maximum atomic E-state index is 13.1. The second-order valence-corrected chi connectivity index (χ2v) is 6.45. The average Bonchev–Trinajstić information content (AvgIpc) is 2.99. The summed E-state index contributed by atoms with van der Waals surface area (Å²) in [7, 11) is 1.53. The predicted molar refractivity (Wildman–Crippen MR) is 97.9 cm³/mol. The average molecular weight is 371 g/mol. The molecule has 0 saturated heterocycles. The number of anilines is 1. The van der Waals surface area contributed by atoms with E-state index in [1.807, 2.05) is 0 Å². The monoisotopic (exact) mass is 371 g/mol. The van der Waals surface area contributed by atoms with Gasteiger partial charge in [0, 0.05) is 26.3 Å². The molecule has 3 rings (SSSR count). The summed E-state index contributed by atoms with van der Waals surface area (Å²) in [6, 6.07) is 3.09. The highest BCUT2D eigenvalue weighted by Crippen LogP contribution is 2.39. The molecule has 27 heavy (non-hydrogen) atoms. The lowest BCUT2D eigenvalue weighted by molar-refractivity contribution is -0.131. The second-order valence-electron chi connectivity index (χ2n) is 6.45. The van der Waals surface area contributed by atoms with Crippen LogP contribution in [0.4, 0.5) is 5.69 Å². The van der Waals surface area contributed by atoms with E-state index in [1.54, 1.807) is 36.2 Å². The number of primary amides is 1. The van der Waals surface area contributed by atoms with Crippen molar-refractivity contribution in [3.05, 3.63) is 47.2 Å². The number of esters is 1. The van der Waals surface area contributed by atoms with Crippen molar-refractivity contribution in [3.8, 4) is 5.75 Å². The summed E-state index contributed by atoms with van der Waals surface area (Å²) in [5, 5.41) is 3.20. The van der Waals surface area contributed by atoms with Gasteiger partial charge in [-0.25, -0.2) is 0 Å². The van der Waals surface area contributed by atoms with Crippen LogP contribution in [0.1, 0.15) is 29.3 Å². The van der Waals surface area contributed by atoms with Crippen LogP contribution in [0.15, 0.2) is 36.1 Å². The summed E-state index contributed by atoms with van der Waals surface area (Å²) in [4.78, 5) is 37.2. The third-order valence-electron chi connectivity index (χ3n) is 4.52. The molecule has 0 aliphatic carbocycles. The van der Waals surface area contributed by atoms with Gasteiger partial charge in [-0.05, 0) is 30.5 Å². The molecule has 2 aliphatic heterocycles. The number of hydrogen-bond acceptors (Lipinski definition) is 6. The normalized spacial score (nSPS) is 21.2. The lowest BCUT2D eigenvalue weighted by atomic mass is 10.1. The van der Waals surface area contributed by atoms with Crippen LogP contribution in [0.5, 0.6) is 5.75 Å². The van der Waals surface area contributed by atoms with Crippen LogP contribution in [-0.4, -0.2) is 42.1 Å². The minimum atomic E-state index is -0.558. The van der Waals surface area contributed by atoms with E-state index >= 15 is 0 Å². The summed E-state index contributed by atoms with van der Waals surface area (Å²) in [6.45, 7) is 3.11. The number of amides is 2. The maximum Gasteiger partial charge on any atom is 0.308 e. The Morgan fingerprint density at radius 1 is 1.37 bits per heavy atom. The Kier molecular flexibility index (Phi) is 5.00. The number of allylic oxidation sites excluding steroid dienone is 1. The SMILES string of the molecule is COC1Nc2c(ccc(C)c2OC(C)=O)C(=O)N2C=C(/C=C/C(N)=O)CC12. The number of nitrogens with two attached hydrogens (primary N) is 1. The van der Waals surface area contributed by atoms with E-state index in [9.17, 15) is 14.4 Å². The first-order chi connectivity index (χ1) is 12.8. The molecule has 0 bridgehead atoms. The molecule has 0 radical (unpaired) electrons. The van der Waals surface area contributed by atoms with Crippen molar-refractivity contribution < 1.29 is 23.9 Å². The van der Waals surface area contributed by atoms with E-state index in [4.69, 9.17) is 15.2 Å². The fourth-order valence-electron chi connectivity index (χ4n) is 3.31. The number of nitrogens with one attached hydrogen (secondary N) is 1. The zero-order valence-corrected chi connectivity index (χ0v) is 15.3. The zero-order chi connectivity index (χ0) is 19.7.